The van der Waals surface area contributed by atoms with Crippen LogP contribution < -0.4 is 5.32 Å². The van der Waals surface area contributed by atoms with Crippen LogP contribution in [-0.2, 0) is 11.3 Å². The molecule has 1 aromatic rings. The standard InChI is InChI=1S/C11H16N2O/c1-8(2)11(14)13-7-10-5-4-9(3)12-6-10/h4-6,8H,7H2,1-3H3,(H,13,14). The summed E-state index contributed by atoms with van der Waals surface area (Å²) >= 11 is 0. The van der Waals surface area contributed by atoms with Gasteiger partial charge in [-0.3, -0.25) is 9.78 Å². The molecule has 3 nitrogen and oxygen atoms in total. The van der Waals surface area contributed by atoms with Crippen molar-refractivity contribution < 1.29 is 4.79 Å². The lowest BCUT2D eigenvalue weighted by Crippen LogP contribution is -2.27. The number of aryl methyl sites for hydroxylation is 1. The topological polar surface area (TPSA) is 42.0 Å². The number of aromatic nitrogens is 1. The van der Waals surface area contributed by atoms with E-state index in [1.54, 1.807) is 6.20 Å². The molecule has 0 aliphatic rings. The Bertz CT molecular complexity index is 304. The van der Waals surface area contributed by atoms with Gasteiger partial charge in [0.2, 0.25) is 5.91 Å². The van der Waals surface area contributed by atoms with Crippen LogP contribution in [0.1, 0.15) is 25.1 Å². The van der Waals surface area contributed by atoms with Crippen LogP contribution in [0.25, 0.3) is 0 Å². The second-order valence-corrected chi connectivity index (χ2v) is 3.68. The average Bonchev–Trinajstić information content (AvgIpc) is 2.16. The van der Waals surface area contributed by atoms with Crippen LogP contribution in [0.3, 0.4) is 0 Å². The molecule has 0 aromatic carbocycles. The first-order valence-corrected chi connectivity index (χ1v) is 4.79. The summed E-state index contributed by atoms with van der Waals surface area (Å²) in [6, 6.07) is 3.92. The average molecular weight is 192 g/mol. The molecule has 3 heteroatoms. The molecule has 1 N–H and O–H groups in total. The molecule has 1 amide bonds. The quantitative estimate of drug-likeness (QED) is 0.791. The van der Waals surface area contributed by atoms with E-state index in [0.29, 0.717) is 6.54 Å². The highest BCUT2D eigenvalue weighted by atomic mass is 16.1. The van der Waals surface area contributed by atoms with E-state index >= 15 is 0 Å². The summed E-state index contributed by atoms with van der Waals surface area (Å²) in [5, 5.41) is 2.84. The van der Waals surface area contributed by atoms with Gasteiger partial charge in [-0.2, -0.15) is 0 Å². The molecule has 0 spiro atoms. The van der Waals surface area contributed by atoms with E-state index in [-0.39, 0.29) is 11.8 Å². The largest absolute Gasteiger partial charge is 0.352 e. The van der Waals surface area contributed by atoms with Crippen molar-refractivity contribution in [3.8, 4) is 0 Å². The van der Waals surface area contributed by atoms with Crippen molar-refractivity contribution in [2.45, 2.75) is 27.3 Å². The van der Waals surface area contributed by atoms with E-state index in [9.17, 15) is 4.79 Å². The molecule has 1 heterocycles. The summed E-state index contributed by atoms with van der Waals surface area (Å²) in [6.07, 6.45) is 1.79. The predicted octanol–water partition coefficient (Wildman–Crippen LogP) is 1.66. The minimum absolute atomic E-state index is 0.0356. The van der Waals surface area contributed by atoms with Gasteiger partial charge in [-0.25, -0.2) is 0 Å². The van der Waals surface area contributed by atoms with Crippen LogP contribution in [0.15, 0.2) is 18.3 Å². The molecule has 0 fully saturated rings. The number of amides is 1. The zero-order valence-electron chi connectivity index (χ0n) is 8.87. The van der Waals surface area contributed by atoms with E-state index in [0.717, 1.165) is 11.3 Å². The van der Waals surface area contributed by atoms with E-state index < -0.39 is 0 Å². The monoisotopic (exact) mass is 192 g/mol. The first-order chi connectivity index (χ1) is 6.59. The van der Waals surface area contributed by atoms with Gasteiger partial charge in [0.05, 0.1) is 0 Å². The maximum atomic E-state index is 11.3. The summed E-state index contributed by atoms with van der Waals surface area (Å²) in [5.41, 5.74) is 2.02. The van der Waals surface area contributed by atoms with Gasteiger partial charge in [0, 0.05) is 24.4 Å². The highest BCUT2D eigenvalue weighted by molar-refractivity contribution is 5.77. The lowest BCUT2D eigenvalue weighted by molar-refractivity contribution is -0.124. The Balaban J connectivity index is 2.46. The smallest absolute Gasteiger partial charge is 0.222 e. The minimum Gasteiger partial charge on any atom is -0.352 e. The Morgan fingerprint density at radius 2 is 2.21 bits per heavy atom. The molecule has 0 unspecified atom stereocenters. The fraction of sp³-hybridized carbons (Fsp3) is 0.455. The Labute approximate surface area is 84.6 Å². The van der Waals surface area contributed by atoms with Crippen molar-refractivity contribution in [2.75, 3.05) is 0 Å². The summed E-state index contributed by atoms with van der Waals surface area (Å²) in [6.45, 7) is 6.26. The normalized spacial score (nSPS) is 10.3. The van der Waals surface area contributed by atoms with Crippen molar-refractivity contribution in [1.29, 1.82) is 0 Å². The molecule has 76 valence electrons. The number of nitrogens with one attached hydrogen (secondary N) is 1. The first kappa shape index (κ1) is 10.7. The summed E-state index contributed by atoms with van der Waals surface area (Å²) in [4.78, 5) is 15.4. The van der Waals surface area contributed by atoms with E-state index in [1.807, 2.05) is 32.9 Å². The molecule has 0 radical (unpaired) electrons. The van der Waals surface area contributed by atoms with Gasteiger partial charge in [-0.05, 0) is 18.6 Å². The molecular formula is C11H16N2O. The van der Waals surface area contributed by atoms with E-state index in [2.05, 4.69) is 10.3 Å². The maximum absolute atomic E-state index is 11.3. The predicted molar refractivity (Wildman–Crippen MR) is 55.7 cm³/mol. The third-order valence-electron chi connectivity index (χ3n) is 1.96. The van der Waals surface area contributed by atoms with Crippen molar-refractivity contribution in [2.24, 2.45) is 5.92 Å². The summed E-state index contributed by atoms with van der Waals surface area (Å²) in [7, 11) is 0. The third-order valence-corrected chi connectivity index (χ3v) is 1.96. The van der Waals surface area contributed by atoms with Gasteiger partial charge in [-0.1, -0.05) is 19.9 Å². The number of carbonyl (C=O) groups excluding carboxylic acids is 1. The lowest BCUT2D eigenvalue weighted by Gasteiger charge is -2.07. The number of nitrogens with zero attached hydrogens (tertiary/aromatic N) is 1. The fourth-order valence-corrected chi connectivity index (χ4v) is 0.996. The van der Waals surface area contributed by atoms with Crippen LogP contribution in [0.4, 0.5) is 0 Å². The second-order valence-electron chi connectivity index (χ2n) is 3.68. The number of rotatable bonds is 3. The van der Waals surface area contributed by atoms with Crippen LogP contribution in [-0.4, -0.2) is 10.9 Å². The SMILES string of the molecule is Cc1ccc(CNC(=O)C(C)C)cn1. The van der Waals surface area contributed by atoms with Crippen LogP contribution in [0.2, 0.25) is 0 Å². The van der Waals surface area contributed by atoms with Crippen LogP contribution in [0, 0.1) is 12.8 Å². The van der Waals surface area contributed by atoms with Gasteiger partial charge in [0.1, 0.15) is 0 Å². The number of carbonyl (C=O) groups is 1. The number of pyridine rings is 1. The maximum Gasteiger partial charge on any atom is 0.222 e. The van der Waals surface area contributed by atoms with Gasteiger partial charge in [0.25, 0.3) is 0 Å². The molecule has 0 saturated carbocycles. The molecule has 0 aliphatic heterocycles. The summed E-state index contributed by atoms with van der Waals surface area (Å²) in [5.74, 6) is 0.110. The molecule has 0 bridgehead atoms. The molecule has 0 aliphatic carbocycles. The minimum atomic E-state index is 0.0356. The van der Waals surface area contributed by atoms with Crippen molar-refractivity contribution in [3.63, 3.8) is 0 Å². The molecule has 1 aromatic heterocycles. The Morgan fingerprint density at radius 3 is 2.71 bits per heavy atom. The van der Waals surface area contributed by atoms with Crippen molar-refractivity contribution >= 4 is 5.91 Å². The van der Waals surface area contributed by atoms with Crippen molar-refractivity contribution in [1.82, 2.24) is 10.3 Å². The Kier molecular flexibility index (Phi) is 3.63. The highest BCUT2D eigenvalue weighted by Gasteiger charge is 2.05. The zero-order chi connectivity index (χ0) is 10.6. The zero-order valence-corrected chi connectivity index (χ0v) is 8.87. The van der Waals surface area contributed by atoms with E-state index in [4.69, 9.17) is 0 Å². The van der Waals surface area contributed by atoms with Gasteiger partial charge >= 0.3 is 0 Å². The van der Waals surface area contributed by atoms with Gasteiger partial charge < -0.3 is 5.32 Å². The lowest BCUT2D eigenvalue weighted by atomic mass is 10.2. The third kappa shape index (κ3) is 3.17. The molecule has 0 atom stereocenters. The van der Waals surface area contributed by atoms with E-state index in [1.165, 1.54) is 0 Å². The number of hydrogen-bond acceptors (Lipinski definition) is 2. The molecule has 1 rings (SSSR count). The van der Waals surface area contributed by atoms with Gasteiger partial charge in [0.15, 0.2) is 0 Å². The fourth-order valence-electron chi connectivity index (χ4n) is 0.996. The molecule has 0 saturated heterocycles. The second kappa shape index (κ2) is 4.74. The Hall–Kier alpha value is -1.38. The van der Waals surface area contributed by atoms with Gasteiger partial charge in [-0.15, -0.1) is 0 Å². The number of hydrogen-bond donors (Lipinski definition) is 1. The summed E-state index contributed by atoms with van der Waals surface area (Å²) < 4.78 is 0. The molecule has 14 heavy (non-hydrogen) atoms. The van der Waals surface area contributed by atoms with Crippen LogP contribution >= 0.6 is 0 Å². The Morgan fingerprint density at radius 1 is 1.50 bits per heavy atom. The highest BCUT2D eigenvalue weighted by Crippen LogP contribution is 1.99. The van der Waals surface area contributed by atoms with Crippen molar-refractivity contribution in [3.05, 3.63) is 29.6 Å². The van der Waals surface area contributed by atoms with Crippen LogP contribution in [0.5, 0.6) is 0 Å². The molecular weight excluding hydrogens is 176 g/mol. The first-order valence-electron chi connectivity index (χ1n) is 4.79.